The van der Waals surface area contributed by atoms with Crippen molar-refractivity contribution in [3.8, 4) is 0 Å². The van der Waals surface area contributed by atoms with Gasteiger partial charge in [0.25, 0.3) is 0 Å². The van der Waals surface area contributed by atoms with Crippen molar-refractivity contribution in [2.45, 2.75) is 27.3 Å². The predicted octanol–water partition coefficient (Wildman–Crippen LogP) is 1.90. The number of hydrogen-bond donors (Lipinski definition) is 0. The fraction of sp³-hybridized carbons (Fsp3) is 0.643. The van der Waals surface area contributed by atoms with Crippen LogP contribution >= 0.6 is 0 Å². The Bertz CT molecular complexity index is 401. The first-order valence-electron chi connectivity index (χ1n) is 6.66. The van der Waals surface area contributed by atoms with Crippen LogP contribution in [0.5, 0.6) is 0 Å². The monoisotopic (exact) mass is 266 g/mol. The Morgan fingerprint density at radius 1 is 1.32 bits per heavy atom. The second-order valence-corrected chi connectivity index (χ2v) is 5.97. The zero-order valence-corrected chi connectivity index (χ0v) is 11.9. The van der Waals surface area contributed by atoms with E-state index >= 15 is 0 Å². The minimum atomic E-state index is -0.450. The Morgan fingerprint density at radius 3 is 2.53 bits per heavy atom. The number of carbonyl (C=O) groups excluding carboxylic acids is 1. The second kappa shape index (κ2) is 5.75. The van der Waals surface area contributed by atoms with Gasteiger partial charge >= 0.3 is 5.97 Å². The van der Waals surface area contributed by atoms with Gasteiger partial charge in [0, 0.05) is 38.3 Å². The fourth-order valence-electron chi connectivity index (χ4n) is 1.87. The number of nitrogens with zero attached hydrogens (tertiary/aromatic N) is 2. The van der Waals surface area contributed by atoms with Crippen molar-refractivity contribution in [2.75, 3.05) is 26.2 Å². The summed E-state index contributed by atoms with van der Waals surface area (Å²) in [7, 11) is 0. The van der Waals surface area contributed by atoms with Crippen LogP contribution in [0, 0.1) is 5.41 Å². The topological polar surface area (TPSA) is 45.9 Å². The smallest absolute Gasteiger partial charge is 0.330 e. The van der Waals surface area contributed by atoms with Gasteiger partial charge in [-0.1, -0.05) is 0 Å². The lowest BCUT2D eigenvalue weighted by atomic mass is 9.98. The van der Waals surface area contributed by atoms with E-state index < -0.39 is 5.41 Å². The first-order valence-corrected chi connectivity index (χ1v) is 6.66. The van der Waals surface area contributed by atoms with E-state index in [-0.39, 0.29) is 5.97 Å². The highest BCUT2D eigenvalue weighted by Crippen LogP contribution is 2.17. The molecule has 2 heterocycles. The third-order valence-electron chi connectivity index (χ3n) is 3.14. The summed E-state index contributed by atoms with van der Waals surface area (Å²) in [6.45, 7) is 9.77. The Kier molecular flexibility index (Phi) is 4.27. The number of hydroxylamine groups is 2. The summed E-state index contributed by atoms with van der Waals surface area (Å²) in [5, 5.41) is 1.76. The molecule has 5 heteroatoms. The first kappa shape index (κ1) is 14.1. The molecule has 5 nitrogen and oxygen atoms in total. The lowest BCUT2D eigenvalue weighted by Gasteiger charge is -2.34. The highest BCUT2D eigenvalue weighted by molar-refractivity contribution is 5.75. The predicted molar refractivity (Wildman–Crippen MR) is 71.1 cm³/mol. The van der Waals surface area contributed by atoms with E-state index in [1.165, 1.54) is 5.56 Å². The Labute approximate surface area is 114 Å². The molecular weight excluding hydrogens is 244 g/mol. The molecule has 0 aromatic carbocycles. The minimum Gasteiger partial charge on any atom is -0.472 e. The van der Waals surface area contributed by atoms with Crippen LogP contribution in [-0.4, -0.2) is 42.1 Å². The molecule has 0 amide bonds. The van der Waals surface area contributed by atoms with Crippen LogP contribution in [-0.2, 0) is 16.2 Å². The molecule has 2 rings (SSSR count). The summed E-state index contributed by atoms with van der Waals surface area (Å²) < 4.78 is 5.06. The fourth-order valence-corrected chi connectivity index (χ4v) is 1.87. The maximum atomic E-state index is 11.8. The second-order valence-electron chi connectivity index (χ2n) is 5.97. The molecule has 0 N–H and O–H groups in total. The molecule has 1 aliphatic rings. The van der Waals surface area contributed by atoms with Gasteiger partial charge in [-0.25, -0.2) is 4.79 Å². The van der Waals surface area contributed by atoms with E-state index in [1.807, 2.05) is 26.8 Å². The molecule has 1 aliphatic heterocycles. The molecule has 106 valence electrons. The SMILES string of the molecule is CC(C)(C)C(=O)ON1CCN(Cc2ccoc2)CC1. The van der Waals surface area contributed by atoms with Crippen LogP contribution in [0.4, 0.5) is 0 Å². The van der Waals surface area contributed by atoms with E-state index in [1.54, 1.807) is 17.6 Å². The molecule has 0 atom stereocenters. The minimum absolute atomic E-state index is 0.171. The highest BCUT2D eigenvalue weighted by Gasteiger charge is 2.27. The zero-order chi connectivity index (χ0) is 13.9. The van der Waals surface area contributed by atoms with E-state index in [4.69, 9.17) is 9.25 Å². The number of carbonyl (C=O) groups is 1. The normalized spacial score (nSPS) is 18.5. The van der Waals surface area contributed by atoms with Crippen LogP contribution in [0.1, 0.15) is 26.3 Å². The summed E-state index contributed by atoms with van der Waals surface area (Å²) >= 11 is 0. The van der Waals surface area contributed by atoms with Crippen LogP contribution in [0.3, 0.4) is 0 Å². The average molecular weight is 266 g/mol. The Balaban J connectivity index is 1.75. The molecule has 1 aromatic rings. The number of furan rings is 1. The van der Waals surface area contributed by atoms with Gasteiger partial charge in [0.1, 0.15) is 0 Å². The van der Waals surface area contributed by atoms with Gasteiger partial charge in [-0.05, 0) is 26.8 Å². The molecule has 0 saturated carbocycles. The third-order valence-corrected chi connectivity index (χ3v) is 3.14. The molecule has 0 spiro atoms. The van der Waals surface area contributed by atoms with E-state index in [0.717, 1.165) is 32.7 Å². The van der Waals surface area contributed by atoms with Gasteiger partial charge in [-0.15, -0.1) is 5.06 Å². The van der Waals surface area contributed by atoms with Gasteiger partial charge in [-0.3, -0.25) is 4.90 Å². The summed E-state index contributed by atoms with van der Waals surface area (Å²) in [4.78, 5) is 19.5. The van der Waals surface area contributed by atoms with E-state index in [9.17, 15) is 4.79 Å². The third kappa shape index (κ3) is 4.08. The van der Waals surface area contributed by atoms with Gasteiger partial charge in [0.15, 0.2) is 0 Å². The van der Waals surface area contributed by atoms with Gasteiger partial charge in [0.2, 0.25) is 0 Å². The molecular formula is C14H22N2O3. The molecule has 0 bridgehead atoms. The van der Waals surface area contributed by atoms with Crippen molar-refractivity contribution in [3.63, 3.8) is 0 Å². The quantitative estimate of drug-likeness (QED) is 0.836. The molecule has 1 aromatic heterocycles. The largest absolute Gasteiger partial charge is 0.472 e. The van der Waals surface area contributed by atoms with Crippen molar-refractivity contribution >= 4 is 5.97 Å². The van der Waals surface area contributed by atoms with Crippen LogP contribution < -0.4 is 0 Å². The van der Waals surface area contributed by atoms with Crippen molar-refractivity contribution in [3.05, 3.63) is 24.2 Å². The van der Waals surface area contributed by atoms with Gasteiger partial charge < -0.3 is 9.25 Å². The van der Waals surface area contributed by atoms with Gasteiger partial charge in [-0.2, -0.15) is 0 Å². The maximum absolute atomic E-state index is 11.8. The lowest BCUT2D eigenvalue weighted by molar-refractivity contribution is -0.207. The molecule has 1 saturated heterocycles. The standard InChI is InChI=1S/C14H22N2O3/c1-14(2,3)13(17)19-16-7-5-15(6-8-16)10-12-4-9-18-11-12/h4,9,11H,5-8,10H2,1-3H3. The molecule has 1 fully saturated rings. The van der Waals surface area contributed by atoms with Crippen LogP contribution in [0.2, 0.25) is 0 Å². The van der Waals surface area contributed by atoms with E-state index in [2.05, 4.69) is 4.90 Å². The summed E-state index contributed by atoms with van der Waals surface area (Å²) in [5.74, 6) is -0.171. The average Bonchev–Trinajstić information content (AvgIpc) is 2.83. The van der Waals surface area contributed by atoms with Crippen molar-refractivity contribution < 1.29 is 14.0 Å². The summed E-state index contributed by atoms with van der Waals surface area (Å²) in [6.07, 6.45) is 3.46. The van der Waals surface area contributed by atoms with Gasteiger partial charge in [0.05, 0.1) is 17.9 Å². The highest BCUT2D eigenvalue weighted by atomic mass is 16.7. The zero-order valence-electron chi connectivity index (χ0n) is 11.9. The van der Waals surface area contributed by atoms with Crippen molar-refractivity contribution in [2.24, 2.45) is 5.41 Å². The molecule has 0 unspecified atom stereocenters. The lowest BCUT2D eigenvalue weighted by Crippen LogP contribution is -2.47. The first-order chi connectivity index (χ1) is 8.95. The number of piperazine rings is 1. The Hall–Kier alpha value is -1.33. The van der Waals surface area contributed by atoms with E-state index in [0.29, 0.717) is 0 Å². The number of hydrogen-bond acceptors (Lipinski definition) is 5. The van der Waals surface area contributed by atoms with Crippen LogP contribution in [0.15, 0.2) is 23.0 Å². The van der Waals surface area contributed by atoms with Crippen molar-refractivity contribution in [1.82, 2.24) is 9.96 Å². The molecule has 0 aliphatic carbocycles. The number of rotatable bonds is 3. The van der Waals surface area contributed by atoms with Crippen LogP contribution in [0.25, 0.3) is 0 Å². The maximum Gasteiger partial charge on any atom is 0.330 e. The molecule has 0 radical (unpaired) electrons. The molecule has 19 heavy (non-hydrogen) atoms. The summed E-state index contributed by atoms with van der Waals surface area (Å²) in [6, 6.07) is 1.98. The summed E-state index contributed by atoms with van der Waals surface area (Å²) in [5.41, 5.74) is 0.730. The Morgan fingerprint density at radius 2 is 2.00 bits per heavy atom. The van der Waals surface area contributed by atoms with Crippen molar-refractivity contribution in [1.29, 1.82) is 0 Å².